The molecular weight excluding hydrogens is 534 g/mol. The van der Waals surface area contributed by atoms with Crippen molar-refractivity contribution in [1.29, 1.82) is 0 Å². The highest BCUT2D eigenvalue weighted by atomic mass is 16.6. The Morgan fingerprint density at radius 1 is 1.07 bits per heavy atom. The van der Waals surface area contributed by atoms with Gasteiger partial charge in [-0.2, -0.15) is 0 Å². The third-order valence-electron chi connectivity index (χ3n) is 6.87. The Balaban J connectivity index is 2.01. The quantitative estimate of drug-likeness (QED) is 0.419. The molecule has 1 aromatic carbocycles. The van der Waals surface area contributed by atoms with E-state index < -0.39 is 29.6 Å². The number of hydrogen-bond acceptors (Lipinski definition) is 8. The maximum atomic E-state index is 14.4. The summed E-state index contributed by atoms with van der Waals surface area (Å²) in [7, 11) is 1.33. The molecule has 3 rings (SSSR count). The van der Waals surface area contributed by atoms with E-state index in [1.807, 2.05) is 65.0 Å². The first kappa shape index (κ1) is 32.8. The van der Waals surface area contributed by atoms with Crippen molar-refractivity contribution >= 4 is 23.8 Å². The average molecular weight is 582 g/mol. The first-order valence-corrected chi connectivity index (χ1v) is 14.6. The number of hydrogen-bond donors (Lipinski definition) is 1. The van der Waals surface area contributed by atoms with Gasteiger partial charge >= 0.3 is 12.1 Å². The summed E-state index contributed by atoms with van der Waals surface area (Å²) in [5.74, 6) is -0.101. The minimum atomic E-state index is -0.705. The smallest absolute Gasteiger partial charge is 0.410 e. The number of carbonyl (C=O) groups excluding carboxylic acids is 3. The van der Waals surface area contributed by atoms with Crippen LogP contribution in [0, 0.1) is 11.8 Å². The second kappa shape index (κ2) is 13.5. The van der Waals surface area contributed by atoms with Gasteiger partial charge in [-0.15, -0.1) is 0 Å². The predicted molar refractivity (Wildman–Crippen MR) is 162 cm³/mol. The number of ether oxygens (including phenoxy) is 2. The molecule has 2 aromatic rings. The minimum Gasteiger partial charge on any atom is -0.469 e. The highest BCUT2D eigenvalue weighted by Gasteiger charge is 2.40. The Bertz CT molecular complexity index is 1240. The van der Waals surface area contributed by atoms with E-state index in [0.717, 1.165) is 5.56 Å². The van der Waals surface area contributed by atoms with Crippen LogP contribution in [0.3, 0.4) is 0 Å². The summed E-state index contributed by atoms with van der Waals surface area (Å²) >= 11 is 0. The molecule has 0 bridgehead atoms. The first-order valence-electron chi connectivity index (χ1n) is 14.6. The Morgan fingerprint density at radius 2 is 1.74 bits per heavy atom. The second-order valence-corrected chi connectivity index (χ2v) is 13.4. The van der Waals surface area contributed by atoms with Gasteiger partial charge in [0.2, 0.25) is 0 Å². The van der Waals surface area contributed by atoms with Crippen LogP contribution in [-0.2, 0) is 26.2 Å². The molecule has 0 aliphatic carbocycles. The average Bonchev–Trinajstić information content (AvgIpc) is 2.92. The number of likely N-dealkylation sites (tertiary alicyclic amines) is 1. The topological polar surface area (TPSA) is 114 Å². The van der Waals surface area contributed by atoms with Gasteiger partial charge in [0, 0.05) is 37.8 Å². The number of rotatable bonds is 8. The van der Waals surface area contributed by atoms with Gasteiger partial charge in [0.05, 0.1) is 19.1 Å². The van der Waals surface area contributed by atoms with Crippen molar-refractivity contribution in [3.8, 4) is 0 Å². The first-order chi connectivity index (χ1) is 19.6. The number of amides is 2. The molecule has 0 saturated carbocycles. The fourth-order valence-corrected chi connectivity index (χ4v) is 4.87. The Kier molecular flexibility index (Phi) is 10.6. The monoisotopic (exact) mass is 581 g/mol. The van der Waals surface area contributed by atoms with Crippen LogP contribution in [0.15, 0.2) is 36.5 Å². The number of nitrogens with one attached hydrogen (secondary N) is 1. The number of methoxy groups -OCH3 is 1. The Hall–Kier alpha value is -3.69. The SMILES string of the molecule is COC(=O)[C@@H]1C[C@H](N(CC(C)C)C(=O)c2cnc(C(C)(C)C)nc2NCc2ccccc2)CN(C(=O)OC(C)(C)C)C1. The molecule has 1 aliphatic heterocycles. The zero-order chi connectivity index (χ0) is 31.2. The molecule has 2 heterocycles. The van der Waals surface area contributed by atoms with E-state index in [2.05, 4.69) is 10.3 Å². The van der Waals surface area contributed by atoms with E-state index in [1.54, 1.807) is 31.9 Å². The number of piperidine rings is 1. The van der Waals surface area contributed by atoms with Crippen molar-refractivity contribution < 1.29 is 23.9 Å². The molecule has 1 saturated heterocycles. The molecule has 2 atom stereocenters. The van der Waals surface area contributed by atoms with E-state index in [9.17, 15) is 14.4 Å². The standard InChI is InChI=1S/C32H47N5O5/c1-21(2)18-37(24-15-23(28(39)41-9)19-36(20-24)30(40)42-32(6,7)8)27(38)25-17-34-29(31(3,4)5)35-26(25)33-16-22-13-11-10-12-14-22/h10-14,17,21,23-24H,15-16,18-20H2,1-9H3,(H,33,34,35)/t23-,24+/m1/s1. The number of carbonyl (C=O) groups is 3. The van der Waals surface area contributed by atoms with Crippen LogP contribution in [0.2, 0.25) is 0 Å². The Morgan fingerprint density at radius 3 is 2.31 bits per heavy atom. The van der Waals surface area contributed by atoms with E-state index in [0.29, 0.717) is 36.7 Å². The molecule has 0 spiro atoms. The summed E-state index contributed by atoms with van der Waals surface area (Å²) in [6.45, 7) is 16.8. The van der Waals surface area contributed by atoms with Crippen molar-refractivity contribution in [3.05, 3.63) is 53.5 Å². The molecular formula is C32H47N5O5. The fraction of sp³-hybridized carbons (Fsp3) is 0.594. The van der Waals surface area contributed by atoms with E-state index in [-0.39, 0.29) is 30.3 Å². The predicted octanol–water partition coefficient (Wildman–Crippen LogP) is 5.28. The van der Waals surface area contributed by atoms with Gasteiger partial charge in [0.25, 0.3) is 5.91 Å². The summed E-state index contributed by atoms with van der Waals surface area (Å²) in [4.78, 5) is 52.9. The number of aromatic nitrogens is 2. The van der Waals surface area contributed by atoms with Gasteiger partial charge in [-0.3, -0.25) is 9.59 Å². The van der Waals surface area contributed by atoms with Gasteiger partial charge < -0.3 is 24.6 Å². The molecule has 230 valence electrons. The summed E-state index contributed by atoms with van der Waals surface area (Å²) in [6, 6.07) is 9.44. The maximum Gasteiger partial charge on any atom is 0.410 e. The summed E-state index contributed by atoms with van der Waals surface area (Å²) in [5, 5.41) is 3.37. The lowest BCUT2D eigenvalue weighted by Crippen LogP contribution is -2.57. The number of nitrogens with zero attached hydrogens (tertiary/aromatic N) is 4. The van der Waals surface area contributed by atoms with Crippen molar-refractivity contribution in [2.75, 3.05) is 32.1 Å². The summed E-state index contributed by atoms with van der Waals surface area (Å²) in [6.07, 6.45) is 1.42. The van der Waals surface area contributed by atoms with Crippen LogP contribution < -0.4 is 5.32 Å². The molecule has 10 heteroatoms. The Labute approximate surface area is 250 Å². The molecule has 10 nitrogen and oxygen atoms in total. The third kappa shape index (κ3) is 8.90. The van der Waals surface area contributed by atoms with Crippen LogP contribution in [0.1, 0.15) is 83.6 Å². The van der Waals surface area contributed by atoms with E-state index in [4.69, 9.17) is 14.5 Å². The van der Waals surface area contributed by atoms with Crippen molar-refractivity contribution in [3.63, 3.8) is 0 Å². The normalized spacial score (nSPS) is 17.5. The van der Waals surface area contributed by atoms with E-state index in [1.165, 1.54) is 12.0 Å². The van der Waals surface area contributed by atoms with Gasteiger partial charge in [-0.1, -0.05) is 65.0 Å². The fourth-order valence-electron chi connectivity index (χ4n) is 4.87. The van der Waals surface area contributed by atoms with Gasteiger partial charge in [-0.25, -0.2) is 14.8 Å². The molecule has 1 aromatic heterocycles. The lowest BCUT2D eigenvalue weighted by molar-refractivity contribution is -0.148. The van der Waals surface area contributed by atoms with Crippen LogP contribution in [0.25, 0.3) is 0 Å². The lowest BCUT2D eigenvalue weighted by atomic mass is 9.92. The van der Waals surface area contributed by atoms with Crippen LogP contribution in [-0.4, -0.2) is 76.1 Å². The molecule has 0 unspecified atom stereocenters. The van der Waals surface area contributed by atoms with Gasteiger partial charge in [-0.05, 0) is 38.7 Å². The largest absolute Gasteiger partial charge is 0.469 e. The third-order valence-corrected chi connectivity index (χ3v) is 6.87. The molecule has 2 amide bonds. The second-order valence-electron chi connectivity index (χ2n) is 13.4. The van der Waals surface area contributed by atoms with E-state index >= 15 is 0 Å². The highest BCUT2D eigenvalue weighted by Crippen LogP contribution is 2.28. The minimum absolute atomic E-state index is 0.123. The number of benzene rings is 1. The van der Waals surface area contributed by atoms with Crippen LogP contribution >= 0.6 is 0 Å². The molecule has 1 aliphatic rings. The maximum absolute atomic E-state index is 14.4. The van der Waals surface area contributed by atoms with Gasteiger partial charge in [0.1, 0.15) is 22.8 Å². The molecule has 0 radical (unpaired) electrons. The molecule has 1 fully saturated rings. The number of anilines is 1. The van der Waals surface area contributed by atoms with Crippen molar-refractivity contribution in [2.24, 2.45) is 11.8 Å². The molecule has 42 heavy (non-hydrogen) atoms. The zero-order valence-electron chi connectivity index (χ0n) is 26.6. The summed E-state index contributed by atoms with van der Waals surface area (Å²) in [5.41, 5.74) is 0.354. The summed E-state index contributed by atoms with van der Waals surface area (Å²) < 4.78 is 10.7. The molecule has 1 N–H and O–H groups in total. The van der Waals surface area contributed by atoms with Crippen LogP contribution in [0.5, 0.6) is 0 Å². The lowest BCUT2D eigenvalue weighted by Gasteiger charge is -2.42. The van der Waals surface area contributed by atoms with Crippen molar-refractivity contribution in [2.45, 2.75) is 85.4 Å². The number of esters is 1. The van der Waals surface area contributed by atoms with Crippen molar-refractivity contribution in [1.82, 2.24) is 19.8 Å². The highest BCUT2D eigenvalue weighted by molar-refractivity contribution is 5.98. The van der Waals surface area contributed by atoms with Gasteiger partial charge in [0.15, 0.2) is 0 Å². The zero-order valence-corrected chi connectivity index (χ0v) is 26.6. The van der Waals surface area contributed by atoms with Crippen LogP contribution in [0.4, 0.5) is 10.6 Å².